The summed E-state index contributed by atoms with van der Waals surface area (Å²) in [4.78, 5) is 35.5. The van der Waals surface area contributed by atoms with Gasteiger partial charge >= 0.3 is 0 Å². The van der Waals surface area contributed by atoms with Crippen LogP contribution in [0.5, 0.6) is 5.75 Å². The third kappa shape index (κ3) is 4.95. The van der Waals surface area contributed by atoms with Crippen molar-refractivity contribution in [3.8, 4) is 11.4 Å². The van der Waals surface area contributed by atoms with E-state index in [9.17, 15) is 9.59 Å². The maximum absolute atomic E-state index is 13.4. The van der Waals surface area contributed by atoms with E-state index in [1.54, 1.807) is 17.7 Å². The normalized spacial score (nSPS) is 13.7. The van der Waals surface area contributed by atoms with Crippen LogP contribution in [0.1, 0.15) is 5.56 Å². The summed E-state index contributed by atoms with van der Waals surface area (Å²) in [7, 11) is 1.60. The molecule has 0 radical (unpaired) electrons. The Bertz CT molecular complexity index is 1430. The number of piperazine rings is 1. The number of thioether (sulfide) groups is 1. The maximum atomic E-state index is 13.4. The fourth-order valence-electron chi connectivity index (χ4n) is 4.36. The Morgan fingerprint density at radius 3 is 2.28 bits per heavy atom. The number of hydrogen-bond donors (Lipinski definition) is 0. The minimum absolute atomic E-state index is 0.0484. The zero-order valence-corrected chi connectivity index (χ0v) is 21.2. The van der Waals surface area contributed by atoms with Gasteiger partial charge in [0.15, 0.2) is 5.16 Å². The molecule has 184 valence electrons. The molecule has 4 aromatic rings. The molecule has 3 aromatic carbocycles. The lowest BCUT2D eigenvalue weighted by molar-refractivity contribution is -0.128. The average molecular weight is 501 g/mol. The number of para-hydroxylation sites is 1. The number of amides is 1. The molecule has 1 aliphatic rings. The van der Waals surface area contributed by atoms with E-state index < -0.39 is 0 Å². The Balaban J connectivity index is 1.33. The van der Waals surface area contributed by atoms with E-state index in [2.05, 4.69) is 36.1 Å². The van der Waals surface area contributed by atoms with Gasteiger partial charge in [-0.3, -0.25) is 14.2 Å². The summed E-state index contributed by atoms with van der Waals surface area (Å²) in [5.74, 6) is 0.966. The number of rotatable bonds is 6. The van der Waals surface area contributed by atoms with Crippen LogP contribution in [0.15, 0.2) is 82.7 Å². The van der Waals surface area contributed by atoms with Crippen LogP contribution < -0.4 is 15.2 Å². The molecule has 0 unspecified atom stereocenters. The van der Waals surface area contributed by atoms with Gasteiger partial charge in [-0.2, -0.15) is 0 Å². The van der Waals surface area contributed by atoms with Crippen molar-refractivity contribution < 1.29 is 9.53 Å². The van der Waals surface area contributed by atoms with Gasteiger partial charge in [0, 0.05) is 31.9 Å². The van der Waals surface area contributed by atoms with Crippen LogP contribution in [0, 0.1) is 6.92 Å². The summed E-state index contributed by atoms with van der Waals surface area (Å²) in [5.41, 5.74) is 3.56. The summed E-state index contributed by atoms with van der Waals surface area (Å²) < 4.78 is 6.84. The summed E-state index contributed by atoms with van der Waals surface area (Å²) in [6.45, 7) is 5.01. The molecule has 0 spiro atoms. The van der Waals surface area contributed by atoms with Crippen LogP contribution in [0.25, 0.3) is 16.6 Å². The molecule has 36 heavy (non-hydrogen) atoms. The van der Waals surface area contributed by atoms with Crippen molar-refractivity contribution in [3.63, 3.8) is 0 Å². The number of benzene rings is 3. The van der Waals surface area contributed by atoms with Crippen molar-refractivity contribution >= 4 is 34.3 Å². The molecule has 0 saturated carbocycles. The van der Waals surface area contributed by atoms with Crippen molar-refractivity contribution in [2.24, 2.45) is 0 Å². The Labute approximate surface area is 214 Å². The van der Waals surface area contributed by atoms with Crippen molar-refractivity contribution in [1.82, 2.24) is 14.5 Å². The lowest BCUT2D eigenvalue weighted by Crippen LogP contribution is -2.49. The first kappa shape index (κ1) is 23.9. The lowest BCUT2D eigenvalue weighted by Gasteiger charge is -2.36. The van der Waals surface area contributed by atoms with Gasteiger partial charge < -0.3 is 14.5 Å². The monoisotopic (exact) mass is 500 g/mol. The average Bonchev–Trinajstić information content (AvgIpc) is 2.92. The van der Waals surface area contributed by atoms with E-state index in [4.69, 9.17) is 9.72 Å². The predicted octanol–water partition coefficient (Wildman–Crippen LogP) is 4.14. The van der Waals surface area contributed by atoms with E-state index in [0.29, 0.717) is 40.6 Å². The summed E-state index contributed by atoms with van der Waals surface area (Å²) >= 11 is 1.30. The highest BCUT2D eigenvalue weighted by molar-refractivity contribution is 7.99. The van der Waals surface area contributed by atoms with Crippen LogP contribution in [-0.4, -0.2) is 59.4 Å². The number of carbonyl (C=O) groups is 1. The molecule has 2 heterocycles. The topological polar surface area (TPSA) is 67.7 Å². The van der Waals surface area contributed by atoms with Gasteiger partial charge in [0.2, 0.25) is 5.91 Å². The van der Waals surface area contributed by atoms with Gasteiger partial charge in [-0.25, -0.2) is 4.98 Å². The zero-order valence-electron chi connectivity index (χ0n) is 20.4. The molecule has 1 aromatic heterocycles. The molecule has 0 atom stereocenters. The summed E-state index contributed by atoms with van der Waals surface area (Å²) in [6, 6.07) is 23.1. The third-order valence-corrected chi connectivity index (χ3v) is 7.36. The Hall–Kier alpha value is -3.78. The number of fused-ring (bicyclic) bond motifs is 1. The second-order valence-corrected chi connectivity index (χ2v) is 9.68. The molecule has 7 nitrogen and oxygen atoms in total. The molecule has 1 aliphatic heterocycles. The van der Waals surface area contributed by atoms with Gasteiger partial charge in [-0.05, 0) is 55.5 Å². The molecular weight excluding hydrogens is 472 g/mol. The van der Waals surface area contributed by atoms with Crippen LogP contribution >= 0.6 is 11.8 Å². The van der Waals surface area contributed by atoms with Crippen molar-refractivity contribution in [3.05, 3.63) is 88.7 Å². The molecule has 1 amide bonds. The second-order valence-electron chi connectivity index (χ2n) is 8.74. The number of methoxy groups -OCH3 is 1. The summed E-state index contributed by atoms with van der Waals surface area (Å²) in [5, 5.41) is 1.03. The van der Waals surface area contributed by atoms with Crippen LogP contribution in [0.2, 0.25) is 0 Å². The predicted molar refractivity (Wildman–Crippen MR) is 145 cm³/mol. The first-order valence-electron chi connectivity index (χ1n) is 11.9. The number of aryl methyl sites for hydroxylation is 1. The van der Waals surface area contributed by atoms with Crippen LogP contribution in [0.3, 0.4) is 0 Å². The van der Waals surface area contributed by atoms with Crippen molar-refractivity contribution in [2.45, 2.75) is 12.1 Å². The van der Waals surface area contributed by atoms with Crippen LogP contribution in [-0.2, 0) is 4.79 Å². The van der Waals surface area contributed by atoms with Gasteiger partial charge in [0.1, 0.15) is 5.75 Å². The van der Waals surface area contributed by atoms with E-state index in [1.807, 2.05) is 47.4 Å². The largest absolute Gasteiger partial charge is 0.497 e. The molecule has 1 fully saturated rings. The Kier molecular flexibility index (Phi) is 6.95. The number of nitrogens with zero attached hydrogens (tertiary/aromatic N) is 4. The molecule has 5 rings (SSSR count). The van der Waals surface area contributed by atoms with Gasteiger partial charge in [-0.15, -0.1) is 0 Å². The highest BCUT2D eigenvalue weighted by Gasteiger charge is 2.22. The zero-order chi connectivity index (χ0) is 25.1. The molecule has 0 aliphatic carbocycles. The lowest BCUT2D eigenvalue weighted by atomic mass is 10.2. The van der Waals surface area contributed by atoms with Crippen molar-refractivity contribution in [2.75, 3.05) is 43.9 Å². The van der Waals surface area contributed by atoms with E-state index in [0.717, 1.165) is 13.1 Å². The molecular formula is C28H28N4O3S. The minimum atomic E-state index is -0.160. The standard InChI is InChI=1S/C28H28N4O3S/c1-20-7-9-21(10-8-20)30-15-17-31(18-16-30)26(33)19-36-28-29-25-6-4-3-5-24(25)27(34)32(28)22-11-13-23(35-2)14-12-22/h3-14H,15-19H2,1-2H3. The first-order chi connectivity index (χ1) is 17.5. The van der Waals surface area contributed by atoms with Gasteiger partial charge in [-0.1, -0.05) is 41.6 Å². The Morgan fingerprint density at radius 2 is 1.58 bits per heavy atom. The van der Waals surface area contributed by atoms with Gasteiger partial charge in [0.05, 0.1) is 29.5 Å². The fourth-order valence-corrected chi connectivity index (χ4v) is 5.27. The van der Waals surface area contributed by atoms with E-state index in [1.165, 1.54) is 23.0 Å². The highest BCUT2D eigenvalue weighted by atomic mass is 32.2. The Morgan fingerprint density at radius 1 is 0.917 bits per heavy atom. The van der Waals surface area contributed by atoms with E-state index in [-0.39, 0.29) is 17.2 Å². The van der Waals surface area contributed by atoms with E-state index >= 15 is 0 Å². The maximum Gasteiger partial charge on any atom is 0.266 e. The quantitative estimate of drug-likeness (QED) is 0.293. The van der Waals surface area contributed by atoms with Crippen LogP contribution in [0.4, 0.5) is 5.69 Å². The smallest absolute Gasteiger partial charge is 0.266 e. The van der Waals surface area contributed by atoms with Crippen molar-refractivity contribution in [1.29, 1.82) is 0 Å². The molecule has 0 N–H and O–H groups in total. The highest BCUT2D eigenvalue weighted by Crippen LogP contribution is 2.24. The fraction of sp³-hybridized carbons (Fsp3) is 0.250. The molecule has 8 heteroatoms. The van der Waals surface area contributed by atoms with Gasteiger partial charge in [0.25, 0.3) is 5.56 Å². The number of ether oxygens (including phenoxy) is 1. The number of carbonyl (C=O) groups excluding carboxylic acids is 1. The summed E-state index contributed by atoms with van der Waals surface area (Å²) in [6.07, 6.45) is 0. The number of anilines is 1. The molecule has 0 bridgehead atoms. The first-order valence-corrected chi connectivity index (χ1v) is 12.9. The SMILES string of the molecule is COc1ccc(-n2c(SCC(=O)N3CCN(c4ccc(C)cc4)CC3)nc3ccccc3c2=O)cc1. The minimum Gasteiger partial charge on any atom is -0.497 e. The third-order valence-electron chi connectivity index (χ3n) is 6.43. The molecule has 1 saturated heterocycles. The second kappa shape index (κ2) is 10.5. The number of hydrogen-bond acceptors (Lipinski definition) is 6. The number of aromatic nitrogens is 2.